The summed E-state index contributed by atoms with van der Waals surface area (Å²) in [6, 6.07) is 7.65. The van der Waals surface area contributed by atoms with Crippen LogP contribution in [0.15, 0.2) is 29.6 Å². The Bertz CT molecular complexity index is 704. The number of anilines is 2. The molecule has 3 rings (SSSR count). The Balaban J connectivity index is 1.54. The van der Waals surface area contributed by atoms with Gasteiger partial charge >= 0.3 is 0 Å². The van der Waals surface area contributed by atoms with Gasteiger partial charge in [0.05, 0.1) is 5.69 Å². The lowest BCUT2D eigenvalue weighted by Crippen LogP contribution is -2.27. The fourth-order valence-corrected chi connectivity index (χ4v) is 4.30. The molecule has 1 aliphatic carbocycles. The highest BCUT2D eigenvalue weighted by atomic mass is 32.1. The van der Waals surface area contributed by atoms with Gasteiger partial charge in [0.1, 0.15) is 0 Å². The smallest absolute Gasteiger partial charge is 0.229 e. The van der Waals surface area contributed by atoms with Crippen molar-refractivity contribution in [1.29, 1.82) is 0 Å². The molecule has 4 nitrogen and oxygen atoms in total. The van der Waals surface area contributed by atoms with Gasteiger partial charge in [-0.25, -0.2) is 4.98 Å². The normalized spacial score (nSPS) is 20.4. The molecule has 2 aromatic rings. The van der Waals surface area contributed by atoms with E-state index < -0.39 is 0 Å². The highest BCUT2D eigenvalue weighted by Gasteiger charge is 2.26. The number of amides is 1. The molecule has 1 saturated carbocycles. The number of aromatic nitrogens is 1. The van der Waals surface area contributed by atoms with Crippen molar-refractivity contribution in [3.05, 3.63) is 29.6 Å². The van der Waals surface area contributed by atoms with Crippen LogP contribution < -0.4 is 11.1 Å². The van der Waals surface area contributed by atoms with E-state index in [-0.39, 0.29) is 11.8 Å². The fraction of sp³-hybridized carbons (Fsp3) is 0.500. The lowest BCUT2D eigenvalue weighted by atomic mass is 9.79. The number of nitrogen functional groups attached to an aromatic ring is 1. The maximum absolute atomic E-state index is 12.5. The van der Waals surface area contributed by atoms with Gasteiger partial charge in [-0.3, -0.25) is 4.79 Å². The lowest BCUT2D eigenvalue weighted by molar-refractivity contribution is -0.121. The van der Waals surface area contributed by atoms with Crippen molar-refractivity contribution in [2.24, 2.45) is 11.8 Å². The van der Waals surface area contributed by atoms with Crippen molar-refractivity contribution in [2.75, 3.05) is 11.1 Å². The molecular weight excluding hydrogens is 330 g/mol. The highest BCUT2D eigenvalue weighted by molar-refractivity contribution is 7.14. The summed E-state index contributed by atoms with van der Waals surface area (Å²) in [5.41, 5.74) is 8.38. The van der Waals surface area contributed by atoms with Crippen molar-refractivity contribution in [2.45, 2.75) is 51.9 Å². The summed E-state index contributed by atoms with van der Waals surface area (Å²) >= 11 is 1.47. The maximum Gasteiger partial charge on any atom is 0.229 e. The summed E-state index contributed by atoms with van der Waals surface area (Å²) in [7, 11) is 0. The third kappa shape index (κ3) is 4.82. The van der Waals surface area contributed by atoms with E-state index in [1.54, 1.807) is 0 Å². The van der Waals surface area contributed by atoms with Crippen molar-refractivity contribution in [3.63, 3.8) is 0 Å². The summed E-state index contributed by atoms with van der Waals surface area (Å²) in [6.07, 6.45) is 8.28. The standard InChI is InChI=1S/C20H27N3OS/c1-2-3-5-14-8-10-15(11-9-14)19(24)23-20-22-18(13-25-20)16-6-4-7-17(21)12-16/h4,6-7,12-15H,2-3,5,8-11,21H2,1H3,(H,22,23,24). The minimum atomic E-state index is 0.127. The Kier molecular flexibility index (Phi) is 6.08. The highest BCUT2D eigenvalue weighted by Crippen LogP contribution is 2.33. The molecule has 3 N–H and O–H groups in total. The van der Waals surface area contributed by atoms with Crippen LogP contribution in [0, 0.1) is 11.8 Å². The van der Waals surface area contributed by atoms with Gasteiger partial charge < -0.3 is 11.1 Å². The molecule has 0 radical (unpaired) electrons. The number of hydrogen-bond donors (Lipinski definition) is 2. The first-order valence-electron chi connectivity index (χ1n) is 9.28. The molecule has 1 aromatic carbocycles. The molecule has 1 amide bonds. The van der Waals surface area contributed by atoms with Crippen LogP contribution in [0.4, 0.5) is 10.8 Å². The predicted molar refractivity (Wildman–Crippen MR) is 106 cm³/mol. The fourth-order valence-electron chi connectivity index (χ4n) is 3.58. The number of nitrogens with zero attached hydrogens (tertiary/aromatic N) is 1. The van der Waals surface area contributed by atoms with Crippen LogP contribution in [0.5, 0.6) is 0 Å². The number of thiazole rings is 1. The van der Waals surface area contributed by atoms with Crippen LogP contribution in [0.3, 0.4) is 0 Å². The van der Waals surface area contributed by atoms with Gasteiger partial charge in [-0.2, -0.15) is 0 Å². The van der Waals surface area contributed by atoms with Crippen molar-refractivity contribution < 1.29 is 4.79 Å². The molecule has 0 unspecified atom stereocenters. The number of benzene rings is 1. The number of hydrogen-bond acceptors (Lipinski definition) is 4. The number of unbranched alkanes of at least 4 members (excludes halogenated alkanes) is 1. The minimum Gasteiger partial charge on any atom is -0.399 e. The lowest BCUT2D eigenvalue weighted by Gasteiger charge is -2.27. The Morgan fingerprint density at radius 3 is 2.84 bits per heavy atom. The maximum atomic E-state index is 12.5. The molecule has 1 aromatic heterocycles. The molecular formula is C20H27N3OS. The van der Waals surface area contributed by atoms with Crippen molar-refractivity contribution in [3.8, 4) is 11.3 Å². The molecule has 25 heavy (non-hydrogen) atoms. The zero-order chi connectivity index (χ0) is 17.6. The summed E-state index contributed by atoms with van der Waals surface area (Å²) in [6.45, 7) is 2.24. The third-order valence-electron chi connectivity index (χ3n) is 5.10. The molecule has 0 aliphatic heterocycles. The first-order valence-corrected chi connectivity index (χ1v) is 10.2. The van der Waals surface area contributed by atoms with E-state index in [1.165, 1.54) is 43.4 Å². The number of carbonyl (C=O) groups excluding carboxylic acids is 1. The summed E-state index contributed by atoms with van der Waals surface area (Å²) < 4.78 is 0. The quantitative estimate of drug-likeness (QED) is 0.687. The zero-order valence-electron chi connectivity index (χ0n) is 14.8. The second-order valence-electron chi connectivity index (χ2n) is 7.01. The van der Waals surface area contributed by atoms with Gasteiger partial charge in [0.15, 0.2) is 5.13 Å². The molecule has 1 heterocycles. The van der Waals surface area contributed by atoms with Crippen LogP contribution in [0.1, 0.15) is 51.9 Å². The number of rotatable bonds is 6. The second kappa shape index (κ2) is 8.48. The Morgan fingerprint density at radius 1 is 1.32 bits per heavy atom. The van der Waals surface area contributed by atoms with Gasteiger partial charge in [0.2, 0.25) is 5.91 Å². The Hall–Kier alpha value is -1.88. The first kappa shape index (κ1) is 17.9. The van der Waals surface area contributed by atoms with Crippen LogP contribution in [0.25, 0.3) is 11.3 Å². The predicted octanol–water partition coefficient (Wildman–Crippen LogP) is 5.33. The van der Waals surface area contributed by atoms with Crippen LogP contribution in [-0.2, 0) is 4.79 Å². The van der Waals surface area contributed by atoms with Crippen LogP contribution in [-0.4, -0.2) is 10.9 Å². The number of nitrogens with one attached hydrogen (secondary N) is 1. The molecule has 134 valence electrons. The van der Waals surface area contributed by atoms with E-state index in [0.717, 1.165) is 35.7 Å². The second-order valence-corrected chi connectivity index (χ2v) is 7.87. The Morgan fingerprint density at radius 2 is 2.12 bits per heavy atom. The van der Waals surface area contributed by atoms with E-state index in [2.05, 4.69) is 17.2 Å². The van der Waals surface area contributed by atoms with E-state index in [9.17, 15) is 4.79 Å². The average Bonchev–Trinajstić information content (AvgIpc) is 3.09. The van der Waals surface area contributed by atoms with Crippen LogP contribution in [0.2, 0.25) is 0 Å². The first-order chi connectivity index (χ1) is 12.2. The molecule has 0 atom stereocenters. The van der Waals surface area contributed by atoms with Gasteiger partial charge in [-0.15, -0.1) is 11.3 Å². The van der Waals surface area contributed by atoms with E-state index >= 15 is 0 Å². The SMILES string of the molecule is CCCCC1CCC(C(=O)Nc2nc(-c3cccc(N)c3)cs2)CC1. The van der Waals surface area contributed by atoms with Crippen molar-refractivity contribution >= 4 is 28.1 Å². The third-order valence-corrected chi connectivity index (χ3v) is 5.86. The molecule has 0 bridgehead atoms. The number of nitrogens with two attached hydrogens (primary N) is 1. The van der Waals surface area contributed by atoms with E-state index in [1.807, 2.05) is 29.6 Å². The largest absolute Gasteiger partial charge is 0.399 e. The van der Waals surface area contributed by atoms with E-state index in [0.29, 0.717) is 5.13 Å². The van der Waals surface area contributed by atoms with Crippen molar-refractivity contribution in [1.82, 2.24) is 4.98 Å². The van der Waals surface area contributed by atoms with Gasteiger partial charge in [-0.05, 0) is 43.7 Å². The molecule has 0 spiro atoms. The average molecular weight is 358 g/mol. The van der Waals surface area contributed by atoms with Gasteiger partial charge in [0, 0.05) is 22.5 Å². The molecule has 5 heteroatoms. The van der Waals surface area contributed by atoms with Crippen LogP contribution >= 0.6 is 11.3 Å². The topological polar surface area (TPSA) is 68.0 Å². The van der Waals surface area contributed by atoms with Gasteiger partial charge in [0.25, 0.3) is 0 Å². The molecule has 1 fully saturated rings. The van der Waals surface area contributed by atoms with E-state index in [4.69, 9.17) is 5.73 Å². The summed E-state index contributed by atoms with van der Waals surface area (Å²) in [4.78, 5) is 17.1. The Labute approximate surface area is 153 Å². The molecule has 1 aliphatic rings. The summed E-state index contributed by atoms with van der Waals surface area (Å²) in [5.74, 6) is 1.08. The minimum absolute atomic E-state index is 0.127. The number of carbonyl (C=O) groups is 1. The summed E-state index contributed by atoms with van der Waals surface area (Å²) in [5, 5.41) is 5.65. The zero-order valence-corrected chi connectivity index (χ0v) is 15.6. The molecule has 0 saturated heterocycles. The van der Waals surface area contributed by atoms with Gasteiger partial charge in [-0.1, -0.05) is 38.3 Å². The monoisotopic (exact) mass is 357 g/mol.